The van der Waals surface area contributed by atoms with Crippen LogP contribution in [-0.4, -0.2) is 41.5 Å². The van der Waals surface area contributed by atoms with E-state index in [0.29, 0.717) is 12.6 Å². The fourth-order valence-electron chi connectivity index (χ4n) is 3.54. The third-order valence-electron chi connectivity index (χ3n) is 5.13. The fourth-order valence-corrected chi connectivity index (χ4v) is 3.66. The van der Waals surface area contributed by atoms with Crippen molar-refractivity contribution in [1.29, 1.82) is 0 Å². The maximum atomic E-state index is 10.9. The van der Waals surface area contributed by atoms with Crippen molar-refractivity contribution in [3.05, 3.63) is 74.8 Å². The Hall–Kier alpha value is -1.91. The minimum absolute atomic E-state index is 0. The number of halogens is 2. The second kappa shape index (κ2) is 12.8. The molecule has 9 heteroatoms. The molecule has 1 heterocycles. The SMILES string of the molecule is CCNC(=NCc1cccc([N+](=O)[O-])c1)NC1CCN(Cc2ccc(Cl)cc2)CC1.I. The van der Waals surface area contributed by atoms with Crippen LogP contribution in [0.3, 0.4) is 0 Å². The summed E-state index contributed by atoms with van der Waals surface area (Å²) in [5.74, 6) is 0.750. The molecule has 31 heavy (non-hydrogen) atoms. The molecular weight excluding hydrogens is 529 g/mol. The monoisotopic (exact) mass is 557 g/mol. The fraction of sp³-hybridized carbons (Fsp3) is 0.409. The molecule has 0 unspecified atom stereocenters. The van der Waals surface area contributed by atoms with Crippen molar-refractivity contribution >= 4 is 47.2 Å². The Morgan fingerprint density at radius 1 is 1.19 bits per heavy atom. The van der Waals surface area contributed by atoms with Crippen LogP contribution in [0, 0.1) is 10.1 Å². The van der Waals surface area contributed by atoms with E-state index in [4.69, 9.17) is 11.6 Å². The molecule has 1 aliphatic heterocycles. The molecule has 2 N–H and O–H groups in total. The Kier molecular flexibility index (Phi) is 10.5. The molecule has 7 nitrogen and oxygen atoms in total. The van der Waals surface area contributed by atoms with Gasteiger partial charge in [0.25, 0.3) is 5.69 Å². The molecule has 1 fully saturated rings. The predicted octanol–water partition coefficient (Wildman–Crippen LogP) is 4.59. The molecule has 0 radical (unpaired) electrons. The van der Waals surface area contributed by atoms with Crippen LogP contribution >= 0.6 is 35.6 Å². The molecule has 2 aromatic rings. The molecular formula is C22H29ClIN5O2. The van der Waals surface area contributed by atoms with Crippen LogP contribution in [0.5, 0.6) is 0 Å². The van der Waals surface area contributed by atoms with Gasteiger partial charge in [0.05, 0.1) is 11.5 Å². The molecule has 168 valence electrons. The van der Waals surface area contributed by atoms with Gasteiger partial charge in [-0.15, -0.1) is 24.0 Å². The lowest BCUT2D eigenvalue weighted by atomic mass is 10.0. The number of benzene rings is 2. The second-order valence-corrected chi connectivity index (χ2v) is 7.88. The lowest BCUT2D eigenvalue weighted by Crippen LogP contribution is -2.48. The largest absolute Gasteiger partial charge is 0.357 e. The maximum absolute atomic E-state index is 10.9. The molecule has 0 aliphatic carbocycles. The average Bonchev–Trinajstić information content (AvgIpc) is 2.75. The number of hydrogen-bond donors (Lipinski definition) is 2. The molecule has 1 aliphatic rings. The number of likely N-dealkylation sites (tertiary alicyclic amines) is 1. The Morgan fingerprint density at radius 3 is 2.55 bits per heavy atom. The topological polar surface area (TPSA) is 82.8 Å². The summed E-state index contributed by atoms with van der Waals surface area (Å²) in [5, 5.41) is 18.5. The highest BCUT2D eigenvalue weighted by Crippen LogP contribution is 2.16. The van der Waals surface area contributed by atoms with Crippen molar-refractivity contribution in [1.82, 2.24) is 15.5 Å². The van der Waals surface area contributed by atoms with Gasteiger partial charge in [-0.2, -0.15) is 0 Å². The summed E-state index contributed by atoms with van der Waals surface area (Å²) in [6.45, 7) is 6.15. The van der Waals surface area contributed by atoms with Crippen molar-refractivity contribution < 1.29 is 4.92 Å². The molecule has 3 rings (SSSR count). The molecule has 0 saturated carbocycles. The number of nitrogens with one attached hydrogen (secondary N) is 2. The van der Waals surface area contributed by atoms with Crippen LogP contribution in [0.2, 0.25) is 5.02 Å². The minimum atomic E-state index is -0.380. The summed E-state index contributed by atoms with van der Waals surface area (Å²) in [4.78, 5) is 17.6. The minimum Gasteiger partial charge on any atom is -0.357 e. The van der Waals surface area contributed by atoms with Crippen LogP contribution in [0.1, 0.15) is 30.9 Å². The standard InChI is InChI=1S/C22H28ClN5O2.HI/c1-2-24-22(25-15-18-4-3-5-21(14-18)28(29)30)26-20-10-12-27(13-11-20)16-17-6-8-19(23)9-7-17;/h3-9,14,20H,2,10-13,15-16H2,1H3,(H2,24,25,26);1H. The third kappa shape index (κ3) is 8.27. The van der Waals surface area contributed by atoms with Crippen molar-refractivity contribution in [3.8, 4) is 0 Å². The van der Waals surface area contributed by atoms with Crippen LogP contribution in [0.15, 0.2) is 53.5 Å². The molecule has 2 aromatic carbocycles. The van der Waals surface area contributed by atoms with Gasteiger partial charge >= 0.3 is 0 Å². The highest BCUT2D eigenvalue weighted by Gasteiger charge is 2.20. The second-order valence-electron chi connectivity index (χ2n) is 7.44. The molecule has 0 spiro atoms. The Labute approximate surface area is 205 Å². The first kappa shape index (κ1) is 25.4. The van der Waals surface area contributed by atoms with Gasteiger partial charge in [-0.05, 0) is 43.0 Å². The Morgan fingerprint density at radius 2 is 1.90 bits per heavy atom. The zero-order chi connectivity index (χ0) is 21.3. The Bertz CT molecular complexity index is 870. The molecule has 0 atom stereocenters. The zero-order valence-corrected chi connectivity index (χ0v) is 20.7. The third-order valence-corrected chi connectivity index (χ3v) is 5.39. The first-order valence-corrected chi connectivity index (χ1v) is 10.7. The quantitative estimate of drug-likeness (QED) is 0.171. The van der Waals surface area contributed by atoms with Crippen molar-refractivity contribution in [3.63, 3.8) is 0 Å². The Balaban J connectivity index is 0.00000341. The first-order chi connectivity index (χ1) is 14.5. The number of nitro groups is 1. The zero-order valence-electron chi connectivity index (χ0n) is 17.6. The first-order valence-electron chi connectivity index (χ1n) is 10.3. The highest BCUT2D eigenvalue weighted by atomic mass is 127. The van der Waals surface area contributed by atoms with Gasteiger partial charge in [0.2, 0.25) is 0 Å². The molecule has 0 bridgehead atoms. The number of hydrogen-bond acceptors (Lipinski definition) is 4. The summed E-state index contributed by atoms with van der Waals surface area (Å²) < 4.78 is 0. The van der Waals surface area contributed by atoms with E-state index in [1.807, 2.05) is 25.1 Å². The van der Waals surface area contributed by atoms with Crippen molar-refractivity contribution in [2.75, 3.05) is 19.6 Å². The smallest absolute Gasteiger partial charge is 0.269 e. The van der Waals surface area contributed by atoms with E-state index >= 15 is 0 Å². The van der Waals surface area contributed by atoms with Gasteiger partial charge in [0.1, 0.15) is 0 Å². The highest BCUT2D eigenvalue weighted by molar-refractivity contribution is 14.0. The molecule has 0 aromatic heterocycles. The van der Waals surface area contributed by atoms with Gasteiger partial charge in [-0.1, -0.05) is 35.9 Å². The van der Waals surface area contributed by atoms with E-state index in [1.165, 1.54) is 11.6 Å². The molecule has 1 saturated heterocycles. The summed E-state index contributed by atoms with van der Waals surface area (Å²) in [7, 11) is 0. The lowest BCUT2D eigenvalue weighted by molar-refractivity contribution is -0.384. The average molecular weight is 558 g/mol. The van der Waals surface area contributed by atoms with Crippen LogP contribution in [0.25, 0.3) is 0 Å². The van der Waals surface area contributed by atoms with Crippen LogP contribution < -0.4 is 10.6 Å². The number of non-ortho nitro benzene ring substituents is 1. The predicted molar refractivity (Wildman–Crippen MR) is 136 cm³/mol. The number of nitro benzene ring substituents is 1. The number of aliphatic imine (C=N–C) groups is 1. The van der Waals surface area contributed by atoms with E-state index in [-0.39, 0.29) is 34.6 Å². The summed E-state index contributed by atoms with van der Waals surface area (Å²) in [5.41, 5.74) is 2.19. The van der Waals surface area contributed by atoms with E-state index in [9.17, 15) is 10.1 Å². The normalized spacial score (nSPS) is 15.2. The van der Waals surface area contributed by atoms with Crippen LogP contribution in [-0.2, 0) is 13.1 Å². The van der Waals surface area contributed by atoms with E-state index < -0.39 is 0 Å². The number of nitrogens with zero attached hydrogens (tertiary/aromatic N) is 3. The summed E-state index contributed by atoms with van der Waals surface area (Å²) in [6.07, 6.45) is 2.07. The number of piperidine rings is 1. The van der Waals surface area contributed by atoms with Gasteiger partial charge in [0.15, 0.2) is 5.96 Å². The van der Waals surface area contributed by atoms with Crippen molar-refractivity contribution in [2.45, 2.75) is 38.9 Å². The van der Waals surface area contributed by atoms with Gasteiger partial charge in [-0.3, -0.25) is 15.0 Å². The van der Waals surface area contributed by atoms with E-state index in [0.717, 1.165) is 55.6 Å². The maximum Gasteiger partial charge on any atom is 0.269 e. The van der Waals surface area contributed by atoms with E-state index in [2.05, 4.69) is 32.7 Å². The lowest BCUT2D eigenvalue weighted by Gasteiger charge is -2.33. The van der Waals surface area contributed by atoms with Crippen molar-refractivity contribution in [2.24, 2.45) is 4.99 Å². The van der Waals surface area contributed by atoms with Gasteiger partial charge in [0, 0.05) is 49.4 Å². The van der Waals surface area contributed by atoms with Gasteiger partial charge < -0.3 is 10.6 Å². The number of guanidine groups is 1. The van der Waals surface area contributed by atoms with Gasteiger partial charge in [-0.25, -0.2) is 4.99 Å². The van der Waals surface area contributed by atoms with Crippen LogP contribution in [0.4, 0.5) is 5.69 Å². The van der Waals surface area contributed by atoms with E-state index in [1.54, 1.807) is 12.1 Å². The number of rotatable bonds is 7. The molecule has 0 amide bonds. The summed E-state index contributed by atoms with van der Waals surface area (Å²) in [6, 6.07) is 15.0. The summed E-state index contributed by atoms with van der Waals surface area (Å²) >= 11 is 5.97.